The Labute approximate surface area is 121 Å². The molecule has 0 aromatic carbocycles. The zero-order chi connectivity index (χ0) is 15.6. The van der Waals surface area contributed by atoms with Crippen LogP contribution < -0.4 is 0 Å². The normalized spacial score (nSPS) is 10.2. The van der Waals surface area contributed by atoms with Crippen LogP contribution in [0.5, 0.6) is 0 Å². The fraction of sp³-hybridized carbons (Fsp3) is 0.182. The molecule has 0 amide bonds. The Hall–Kier alpha value is -2.75. The summed E-state index contributed by atoms with van der Waals surface area (Å²) < 4.78 is 14.1. The van der Waals surface area contributed by atoms with Gasteiger partial charge in [-0.2, -0.15) is 0 Å². The van der Waals surface area contributed by atoms with E-state index in [0.29, 0.717) is 4.88 Å². The predicted octanol–water partition coefficient (Wildman–Crippen LogP) is 1.88. The summed E-state index contributed by atoms with van der Waals surface area (Å²) in [4.78, 5) is 37.3. The number of carbonyl (C=O) groups is 2. The quantitative estimate of drug-likeness (QED) is 0.476. The average Bonchev–Trinajstić information content (AvgIpc) is 3.11. The fourth-order valence-corrected chi connectivity index (χ4v) is 2.18. The molecule has 0 aliphatic heterocycles. The summed E-state index contributed by atoms with van der Waals surface area (Å²) in [6.07, 6.45) is 0. The number of carbonyl (C=O) groups excluding carboxylic acids is 2. The molecule has 0 aliphatic rings. The van der Waals surface area contributed by atoms with Gasteiger partial charge in [0.15, 0.2) is 0 Å². The van der Waals surface area contributed by atoms with E-state index in [1.165, 1.54) is 12.1 Å². The van der Waals surface area contributed by atoms with Gasteiger partial charge in [0.2, 0.25) is 17.3 Å². The predicted molar refractivity (Wildman–Crippen MR) is 69.1 cm³/mol. The minimum atomic E-state index is -0.903. The van der Waals surface area contributed by atoms with Crippen LogP contribution >= 0.6 is 11.3 Å². The lowest BCUT2D eigenvalue weighted by Gasteiger charge is -1.96. The van der Waals surface area contributed by atoms with E-state index >= 15 is 0 Å². The molecule has 0 fully saturated rings. The SMILES string of the molecule is COC(=O)c1nc(-c2ccc([N+](=O)[O-])s2)oc1C(=O)OC. The Bertz CT molecular complexity index is 684. The summed E-state index contributed by atoms with van der Waals surface area (Å²) in [7, 11) is 2.23. The van der Waals surface area contributed by atoms with Gasteiger partial charge in [0, 0.05) is 6.07 Å². The maximum atomic E-state index is 11.6. The number of nitrogens with zero attached hydrogens (tertiary/aromatic N) is 2. The Kier molecular flexibility index (Phi) is 3.98. The minimum Gasteiger partial charge on any atom is -0.464 e. The first-order chi connectivity index (χ1) is 9.97. The van der Waals surface area contributed by atoms with E-state index in [1.54, 1.807) is 0 Å². The molecule has 0 N–H and O–H groups in total. The molecule has 2 heterocycles. The minimum absolute atomic E-state index is 0.103. The summed E-state index contributed by atoms with van der Waals surface area (Å²) >= 11 is 0.795. The van der Waals surface area contributed by atoms with Gasteiger partial charge in [-0.3, -0.25) is 10.1 Å². The van der Waals surface area contributed by atoms with Gasteiger partial charge in [-0.15, -0.1) is 0 Å². The highest BCUT2D eigenvalue weighted by Gasteiger charge is 2.28. The van der Waals surface area contributed by atoms with Gasteiger partial charge in [0.25, 0.3) is 0 Å². The van der Waals surface area contributed by atoms with Gasteiger partial charge < -0.3 is 13.9 Å². The molecule has 0 saturated carbocycles. The fourth-order valence-electron chi connectivity index (χ4n) is 1.43. The molecule has 0 saturated heterocycles. The van der Waals surface area contributed by atoms with Crippen LogP contribution in [-0.4, -0.2) is 36.1 Å². The lowest BCUT2D eigenvalue weighted by Crippen LogP contribution is -2.10. The first-order valence-electron chi connectivity index (χ1n) is 5.40. The number of nitro groups is 1. The van der Waals surface area contributed by atoms with E-state index in [0.717, 1.165) is 25.6 Å². The zero-order valence-corrected chi connectivity index (χ0v) is 11.6. The van der Waals surface area contributed by atoms with E-state index in [-0.39, 0.29) is 16.6 Å². The molecule has 9 nitrogen and oxygen atoms in total. The van der Waals surface area contributed by atoms with Crippen molar-refractivity contribution in [1.29, 1.82) is 0 Å². The van der Waals surface area contributed by atoms with Crippen LogP contribution in [0.2, 0.25) is 0 Å². The lowest BCUT2D eigenvalue weighted by atomic mass is 10.3. The third-order valence-electron chi connectivity index (χ3n) is 2.36. The number of thiophene rings is 1. The monoisotopic (exact) mass is 312 g/mol. The summed E-state index contributed by atoms with van der Waals surface area (Å²) in [6.45, 7) is 0. The van der Waals surface area contributed by atoms with Gasteiger partial charge in [0.1, 0.15) is 0 Å². The number of ether oxygens (including phenoxy) is 2. The van der Waals surface area contributed by atoms with Crippen molar-refractivity contribution in [3.05, 3.63) is 33.7 Å². The van der Waals surface area contributed by atoms with Crippen molar-refractivity contribution in [2.45, 2.75) is 0 Å². The summed E-state index contributed by atoms with van der Waals surface area (Å²) in [5.74, 6) is -2.30. The molecule has 110 valence electrons. The van der Waals surface area contributed by atoms with Crippen LogP contribution in [0, 0.1) is 10.1 Å². The van der Waals surface area contributed by atoms with Crippen LogP contribution in [0.4, 0.5) is 5.00 Å². The van der Waals surface area contributed by atoms with Gasteiger partial charge >= 0.3 is 16.9 Å². The molecule has 0 aliphatic carbocycles. The van der Waals surface area contributed by atoms with E-state index in [4.69, 9.17) is 4.42 Å². The zero-order valence-electron chi connectivity index (χ0n) is 10.8. The Balaban J connectivity index is 2.49. The summed E-state index contributed by atoms with van der Waals surface area (Å²) in [6, 6.07) is 2.66. The van der Waals surface area contributed by atoms with Crippen LogP contribution in [0.1, 0.15) is 21.0 Å². The highest BCUT2D eigenvalue weighted by Crippen LogP contribution is 2.33. The molecule has 0 radical (unpaired) electrons. The number of hydrogen-bond donors (Lipinski definition) is 0. The van der Waals surface area contributed by atoms with E-state index < -0.39 is 22.6 Å². The van der Waals surface area contributed by atoms with Crippen molar-refractivity contribution in [3.8, 4) is 10.8 Å². The number of methoxy groups -OCH3 is 2. The van der Waals surface area contributed by atoms with Crippen molar-refractivity contribution in [2.75, 3.05) is 14.2 Å². The lowest BCUT2D eigenvalue weighted by molar-refractivity contribution is -0.380. The Morgan fingerprint density at radius 1 is 1.29 bits per heavy atom. The second-order valence-electron chi connectivity index (χ2n) is 3.57. The number of hydrogen-bond acceptors (Lipinski definition) is 9. The molecule has 0 atom stereocenters. The van der Waals surface area contributed by atoms with Crippen LogP contribution in [0.3, 0.4) is 0 Å². The molecule has 0 unspecified atom stereocenters. The molecule has 2 aromatic heterocycles. The standard InChI is InChI=1S/C11H8N2O7S/c1-18-10(14)7-8(11(15)19-2)20-9(12-7)5-3-4-6(21-5)13(16)17/h3-4H,1-2H3. The number of aromatic nitrogens is 1. The van der Waals surface area contributed by atoms with Crippen LogP contribution in [0.25, 0.3) is 10.8 Å². The Morgan fingerprint density at radius 3 is 2.48 bits per heavy atom. The molecule has 0 bridgehead atoms. The molecule has 2 rings (SSSR count). The average molecular weight is 312 g/mol. The maximum Gasteiger partial charge on any atom is 0.376 e. The van der Waals surface area contributed by atoms with E-state index in [9.17, 15) is 19.7 Å². The molecule has 2 aromatic rings. The van der Waals surface area contributed by atoms with Crippen LogP contribution in [0.15, 0.2) is 16.5 Å². The molecule has 21 heavy (non-hydrogen) atoms. The van der Waals surface area contributed by atoms with Crippen molar-refractivity contribution in [1.82, 2.24) is 4.98 Å². The first kappa shape index (κ1) is 14.7. The summed E-state index contributed by atoms with van der Waals surface area (Å²) in [5.41, 5.74) is -0.351. The number of oxazole rings is 1. The van der Waals surface area contributed by atoms with Crippen molar-refractivity contribution in [2.24, 2.45) is 0 Å². The van der Waals surface area contributed by atoms with E-state index in [2.05, 4.69) is 14.5 Å². The highest BCUT2D eigenvalue weighted by molar-refractivity contribution is 7.18. The van der Waals surface area contributed by atoms with Gasteiger partial charge in [-0.1, -0.05) is 11.3 Å². The first-order valence-corrected chi connectivity index (χ1v) is 6.21. The number of rotatable bonds is 4. The second kappa shape index (κ2) is 5.71. The molecular weight excluding hydrogens is 304 g/mol. The summed E-state index contributed by atoms with van der Waals surface area (Å²) in [5, 5.41) is 10.5. The molecule has 10 heteroatoms. The molecule has 0 spiro atoms. The number of esters is 2. The topological polar surface area (TPSA) is 122 Å². The van der Waals surface area contributed by atoms with Gasteiger partial charge in [-0.05, 0) is 6.07 Å². The molecular formula is C11H8N2O7S. The van der Waals surface area contributed by atoms with Gasteiger partial charge in [-0.25, -0.2) is 14.6 Å². The van der Waals surface area contributed by atoms with Crippen LogP contribution in [-0.2, 0) is 9.47 Å². The van der Waals surface area contributed by atoms with Crippen molar-refractivity contribution >= 4 is 28.3 Å². The highest BCUT2D eigenvalue weighted by atomic mass is 32.1. The second-order valence-corrected chi connectivity index (χ2v) is 4.64. The van der Waals surface area contributed by atoms with Crippen molar-refractivity contribution in [3.63, 3.8) is 0 Å². The van der Waals surface area contributed by atoms with Gasteiger partial charge in [0.05, 0.1) is 24.0 Å². The Morgan fingerprint density at radius 2 is 1.95 bits per heavy atom. The largest absolute Gasteiger partial charge is 0.464 e. The smallest absolute Gasteiger partial charge is 0.376 e. The van der Waals surface area contributed by atoms with Crippen molar-refractivity contribution < 1.29 is 28.4 Å². The van der Waals surface area contributed by atoms with E-state index in [1.807, 2.05) is 0 Å². The third kappa shape index (κ3) is 2.74. The maximum absolute atomic E-state index is 11.6. The third-order valence-corrected chi connectivity index (χ3v) is 3.38.